The third kappa shape index (κ3) is 12.4. The van der Waals surface area contributed by atoms with Gasteiger partial charge in [0.15, 0.2) is 0 Å². The lowest BCUT2D eigenvalue weighted by Gasteiger charge is -2.22. The standard InChI is InChI=1S/C15H28N2O6/c1-14(2,3)22-11(18)9-16-8-7-10(12(19)20)17-13(21)23-15(4,5)6/h10,16H,7-9H2,1-6H3,(H,17,21)(H,19,20). The molecule has 0 aromatic carbocycles. The Kier molecular flexibility index (Phi) is 8.02. The Morgan fingerprint density at radius 3 is 1.96 bits per heavy atom. The molecule has 1 unspecified atom stereocenters. The van der Waals surface area contributed by atoms with Gasteiger partial charge in [-0.25, -0.2) is 9.59 Å². The zero-order valence-electron chi connectivity index (χ0n) is 14.7. The van der Waals surface area contributed by atoms with Gasteiger partial charge in [0, 0.05) is 0 Å². The van der Waals surface area contributed by atoms with Crippen LogP contribution in [0, 0.1) is 0 Å². The van der Waals surface area contributed by atoms with E-state index in [9.17, 15) is 14.4 Å². The number of ether oxygens (including phenoxy) is 2. The largest absolute Gasteiger partial charge is 0.480 e. The highest BCUT2D eigenvalue weighted by Crippen LogP contribution is 2.07. The molecule has 8 heteroatoms. The van der Waals surface area contributed by atoms with Crippen LogP contribution in [0.3, 0.4) is 0 Å². The molecule has 8 nitrogen and oxygen atoms in total. The summed E-state index contributed by atoms with van der Waals surface area (Å²) in [7, 11) is 0. The van der Waals surface area contributed by atoms with Crippen LogP contribution in [0.1, 0.15) is 48.0 Å². The summed E-state index contributed by atoms with van der Waals surface area (Å²) in [6, 6.07) is -1.10. The molecule has 0 spiro atoms. The first-order chi connectivity index (χ1) is 10.3. The van der Waals surface area contributed by atoms with Gasteiger partial charge >= 0.3 is 18.0 Å². The van der Waals surface area contributed by atoms with E-state index in [4.69, 9.17) is 14.6 Å². The van der Waals surface area contributed by atoms with Gasteiger partial charge in [-0.05, 0) is 54.5 Å². The molecule has 0 radical (unpaired) electrons. The van der Waals surface area contributed by atoms with Crippen molar-refractivity contribution in [3.05, 3.63) is 0 Å². The molecule has 1 amide bonds. The summed E-state index contributed by atoms with van der Waals surface area (Å²) in [5, 5.41) is 14.2. The molecule has 0 rings (SSSR count). The van der Waals surface area contributed by atoms with Gasteiger partial charge in [-0.2, -0.15) is 0 Å². The Bertz CT molecular complexity index is 423. The van der Waals surface area contributed by atoms with Gasteiger partial charge in [0.2, 0.25) is 0 Å². The molecule has 0 aliphatic rings. The molecule has 0 saturated carbocycles. The summed E-state index contributed by atoms with van der Waals surface area (Å²) < 4.78 is 10.1. The number of esters is 1. The van der Waals surface area contributed by atoms with Crippen molar-refractivity contribution in [3.8, 4) is 0 Å². The van der Waals surface area contributed by atoms with E-state index in [-0.39, 0.29) is 19.5 Å². The smallest absolute Gasteiger partial charge is 0.408 e. The lowest BCUT2D eigenvalue weighted by atomic mass is 10.2. The van der Waals surface area contributed by atoms with Crippen LogP contribution in [0.2, 0.25) is 0 Å². The van der Waals surface area contributed by atoms with Crippen LogP contribution in [0.4, 0.5) is 4.79 Å². The number of carboxylic acid groups (broad SMARTS) is 1. The minimum absolute atomic E-state index is 0.0317. The molecule has 134 valence electrons. The molecular formula is C15H28N2O6. The normalized spacial score (nSPS) is 13.1. The van der Waals surface area contributed by atoms with E-state index in [1.165, 1.54) is 0 Å². The number of nitrogens with one attached hydrogen (secondary N) is 2. The van der Waals surface area contributed by atoms with Gasteiger partial charge in [0.1, 0.15) is 17.2 Å². The van der Waals surface area contributed by atoms with Crippen molar-refractivity contribution in [2.45, 2.75) is 65.2 Å². The zero-order chi connectivity index (χ0) is 18.3. The molecule has 0 aliphatic carbocycles. The third-order valence-electron chi connectivity index (χ3n) is 2.29. The number of rotatable bonds is 7. The fraction of sp³-hybridized carbons (Fsp3) is 0.800. The molecule has 0 aromatic rings. The average molecular weight is 332 g/mol. The molecule has 0 heterocycles. The Balaban J connectivity index is 4.19. The lowest BCUT2D eigenvalue weighted by Crippen LogP contribution is -2.45. The fourth-order valence-corrected chi connectivity index (χ4v) is 1.52. The number of aliphatic carboxylic acids is 1. The SMILES string of the molecule is CC(C)(C)OC(=O)CNCCC(NC(=O)OC(C)(C)C)C(=O)O. The number of carboxylic acids is 1. The molecule has 0 fully saturated rings. The predicted octanol–water partition coefficient (Wildman–Crippen LogP) is 1.29. The summed E-state index contributed by atoms with van der Waals surface area (Å²) in [6.45, 7) is 10.5. The van der Waals surface area contributed by atoms with E-state index >= 15 is 0 Å². The molecule has 0 aromatic heterocycles. The quantitative estimate of drug-likeness (QED) is 0.475. The van der Waals surface area contributed by atoms with Crippen molar-refractivity contribution in [1.29, 1.82) is 0 Å². The second-order valence-corrected chi connectivity index (χ2v) is 7.09. The van der Waals surface area contributed by atoms with Crippen LogP contribution in [-0.4, -0.2) is 53.5 Å². The molecule has 0 bridgehead atoms. The second kappa shape index (κ2) is 8.71. The highest BCUT2D eigenvalue weighted by molar-refractivity contribution is 5.80. The van der Waals surface area contributed by atoms with Crippen LogP contribution in [0.15, 0.2) is 0 Å². The number of carbonyl (C=O) groups excluding carboxylic acids is 2. The number of amides is 1. The first-order valence-corrected chi connectivity index (χ1v) is 7.45. The first kappa shape index (κ1) is 21.2. The van der Waals surface area contributed by atoms with Gasteiger partial charge in [-0.3, -0.25) is 4.79 Å². The number of hydrogen-bond donors (Lipinski definition) is 3. The van der Waals surface area contributed by atoms with E-state index in [1.807, 2.05) is 0 Å². The molecule has 0 aliphatic heterocycles. The number of hydrogen-bond acceptors (Lipinski definition) is 6. The Labute approximate surface area is 136 Å². The molecule has 1 atom stereocenters. The minimum atomic E-state index is -1.17. The average Bonchev–Trinajstić information content (AvgIpc) is 2.27. The topological polar surface area (TPSA) is 114 Å². The Hall–Kier alpha value is -1.83. The Morgan fingerprint density at radius 2 is 1.52 bits per heavy atom. The maximum Gasteiger partial charge on any atom is 0.408 e. The predicted molar refractivity (Wildman–Crippen MR) is 84.1 cm³/mol. The lowest BCUT2D eigenvalue weighted by molar-refractivity contribution is -0.153. The van der Waals surface area contributed by atoms with Crippen LogP contribution in [0.25, 0.3) is 0 Å². The summed E-state index contributed by atoms with van der Waals surface area (Å²) in [5.74, 6) is -1.60. The van der Waals surface area contributed by atoms with Gasteiger partial charge in [0.05, 0.1) is 6.54 Å². The monoisotopic (exact) mass is 332 g/mol. The highest BCUT2D eigenvalue weighted by Gasteiger charge is 2.23. The van der Waals surface area contributed by atoms with Gasteiger partial charge < -0.3 is 25.2 Å². The van der Waals surface area contributed by atoms with Gasteiger partial charge in [-0.1, -0.05) is 0 Å². The van der Waals surface area contributed by atoms with Crippen molar-refractivity contribution in [2.24, 2.45) is 0 Å². The highest BCUT2D eigenvalue weighted by atomic mass is 16.6. The summed E-state index contributed by atoms with van der Waals surface area (Å²) in [6.07, 6.45) is -0.686. The van der Waals surface area contributed by atoms with Crippen molar-refractivity contribution >= 4 is 18.0 Å². The van der Waals surface area contributed by atoms with E-state index in [2.05, 4.69) is 10.6 Å². The van der Waals surface area contributed by atoms with Gasteiger partial charge in [0.25, 0.3) is 0 Å². The van der Waals surface area contributed by atoms with E-state index in [1.54, 1.807) is 41.5 Å². The van der Waals surface area contributed by atoms with Crippen molar-refractivity contribution in [3.63, 3.8) is 0 Å². The van der Waals surface area contributed by atoms with Crippen LogP contribution in [-0.2, 0) is 19.1 Å². The maximum absolute atomic E-state index is 11.6. The minimum Gasteiger partial charge on any atom is -0.480 e. The molecule has 23 heavy (non-hydrogen) atoms. The van der Waals surface area contributed by atoms with Crippen molar-refractivity contribution in [2.75, 3.05) is 13.1 Å². The molecular weight excluding hydrogens is 304 g/mol. The Morgan fingerprint density at radius 1 is 1.00 bits per heavy atom. The summed E-state index contributed by atoms with van der Waals surface area (Å²) in [5.41, 5.74) is -1.28. The van der Waals surface area contributed by atoms with Crippen LogP contribution in [0.5, 0.6) is 0 Å². The number of alkyl carbamates (subject to hydrolysis) is 1. The summed E-state index contributed by atoms with van der Waals surface area (Å²) >= 11 is 0. The zero-order valence-corrected chi connectivity index (χ0v) is 14.7. The molecule has 3 N–H and O–H groups in total. The van der Waals surface area contributed by atoms with E-state index in [0.29, 0.717) is 0 Å². The third-order valence-corrected chi connectivity index (χ3v) is 2.29. The first-order valence-electron chi connectivity index (χ1n) is 7.45. The van der Waals surface area contributed by atoms with Crippen molar-refractivity contribution in [1.82, 2.24) is 10.6 Å². The maximum atomic E-state index is 11.6. The van der Waals surface area contributed by atoms with Crippen LogP contribution < -0.4 is 10.6 Å². The number of carbonyl (C=O) groups is 3. The second-order valence-electron chi connectivity index (χ2n) is 7.09. The van der Waals surface area contributed by atoms with Crippen LogP contribution >= 0.6 is 0 Å². The molecule has 0 saturated heterocycles. The fourth-order valence-electron chi connectivity index (χ4n) is 1.52. The van der Waals surface area contributed by atoms with E-state index in [0.717, 1.165) is 0 Å². The van der Waals surface area contributed by atoms with E-state index < -0.39 is 35.3 Å². The van der Waals surface area contributed by atoms with Crippen molar-refractivity contribution < 1.29 is 29.0 Å². The summed E-state index contributed by atoms with van der Waals surface area (Å²) in [4.78, 5) is 34.2. The van der Waals surface area contributed by atoms with Gasteiger partial charge in [-0.15, -0.1) is 0 Å².